The molecular formula is C32H31F4N3O4S. The van der Waals surface area contributed by atoms with E-state index < -0.39 is 34.8 Å². The van der Waals surface area contributed by atoms with Crippen molar-refractivity contribution < 1.29 is 31.8 Å². The highest BCUT2D eigenvalue weighted by molar-refractivity contribution is 7.99. The maximum absolute atomic E-state index is 16.6. The Morgan fingerprint density at radius 1 is 0.977 bits per heavy atom. The van der Waals surface area contributed by atoms with Gasteiger partial charge in [-0.3, -0.25) is 4.79 Å². The number of nitrogens with zero attached hydrogens (tertiary/aromatic N) is 2. The van der Waals surface area contributed by atoms with E-state index in [0.717, 1.165) is 23.3 Å². The molecule has 1 atom stereocenters. The van der Waals surface area contributed by atoms with Crippen LogP contribution in [0.1, 0.15) is 46.5 Å². The topological polar surface area (TPSA) is 76.7 Å². The van der Waals surface area contributed by atoms with Crippen LogP contribution in [0.5, 0.6) is 11.5 Å². The Hall–Kier alpha value is -4.03. The molecule has 0 bridgehead atoms. The van der Waals surface area contributed by atoms with E-state index in [0.29, 0.717) is 28.1 Å². The lowest BCUT2D eigenvalue weighted by molar-refractivity contribution is -0.140. The highest BCUT2D eigenvalue weighted by Gasteiger charge is 2.40. The van der Waals surface area contributed by atoms with Crippen molar-refractivity contribution in [2.45, 2.75) is 50.5 Å². The molecule has 4 aromatic rings. The summed E-state index contributed by atoms with van der Waals surface area (Å²) in [7, 11) is 3.09. The van der Waals surface area contributed by atoms with Gasteiger partial charge in [-0.25, -0.2) is 9.37 Å². The van der Waals surface area contributed by atoms with Crippen molar-refractivity contribution in [3.05, 3.63) is 110 Å². The number of alkyl halides is 3. The minimum atomic E-state index is -4.85. The number of benzene rings is 3. The predicted molar refractivity (Wildman–Crippen MR) is 160 cm³/mol. The average Bonchev–Trinajstić information content (AvgIpc) is 3.01. The van der Waals surface area contributed by atoms with Gasteiger partial charge in [-0.2, -0.15) is 13.2 Å². The highest BCUT2D eigenvalue weighted by atomic mass is 32.2. The van der Waals surface area contributed by atoms with Crippen molar-refractivity contribution in [3.8, 4) is 11.5 Å². The molecule has 3 aromatic carbocycles. The van der Waals surface area contributed by atoms with E-state index in [1.807, 2.05) is 31.2 Å². The van der Waals surface area contributed by atoms with Gasteiger partial charge in [-0.05, 0) is 53.3 Å². The lowest BCUT2D eigenvalue weighted by atomic mass is 9.93. The molecule has 44 heavy (non-hydrogen) atoms. The minimum absolute atomic E-state index is 0.0184. The lowest BCUT2D eigenvalue weighted by Gasteiger charge is -2.31. The summed E-state index contributed by atoms with van der Waals surface area (Å²) >= 11 is 1.30. The SMILES string of the molecule is CCSc1nc2c(c(=O)[nH]1)COC(c1c(C(F)(F)F)ccc(N(Cc3ccc(OC)cc3)Cc3ccc(OC)cc3)c1F)C2. The van der Waals surface area contributed by atoms with Crippen LogP contribution in [0.4, 0.5) is 23.2 Å². The molecule has 0 saturated carbocycles. The van der Waals surface area contributed by atoms with Crippen LogP contribution in [0.15, 0.2) is 70.6 Å². The Morgan fingerprint density at radius 2 is 1.57 bits per heavy atom. The molecule has 5 rings (SSSR count). The number of hydrogen-bond acceptors (Lipinski definition) is 7. The van der Waals surface area contributed by atoms with Gasteiger partial charge in [0.15, 0.2) is 11.0 Å². The summed E-state index contributed by atoms with van der Waals surface area (Å²) in [6.45, 7) is 1.99. The third-order valence-electron chi connectivity index (χ3n) is 7.36. The number of H-pyrrole nitrogens is 1. The lowest BCUT2D eigenvalue weighted by Crippen LogP contribution is -2.29. The first-order chi connectivity index (χ1) is 21.1. The number of halogens is 4. The Bertz CT molecular complexity index is 1610. The van der Waals surface area contributed by atoms with E-state index in [9.17, 15) is 18.0 Å². The summed E-state index contributed by atoms with van der Waals surface area (Å²) in [5.41, 5.74) is -0.0506. The number of anilines is 1. The van der Waals surface area contributed by atoms with Gasteiger partial charge in [0.25, 0.3) is 5.56 Å². The zero-order valence-electron chi connectivity index (χ0n) is 24.3. The van der Waals surface area contributed by atoms with Crippen LogP contribution in [0.2, 0.25) is 0 Å². The zero-order chi connectivity index (χ0) is 31.4. The van der Waals surface area contributed by atoms with Crippen molar-refractivity contribution in [3.63, 3.8) is 0 Å². The van der Waals surface area contributed by atoms with Crippen LogP contribution < -0.4 is 19.9 Å². The van der Waals surface area contributed by atoms with E-state index in [-0.39, 0.29) is 37.4 Å². The third kappa shape index (κ3) is 6.86. The molecule has 1 aliphatic rings. The zero-order valence-corrected chi connectivity index (χ0v) is 25.2. The van der Waals surface area contributed by atoms with Crippen LogP contribution >= 0.6 is 11.8 Å². The number of fused-ring (bicyclic) bond motifs is 1. The molecule has 0 amide bonds. The summed E-state index contributed by atoms with van der Waals surface area (Å²) in [5.74, 6) is 0.875. The molecule has 7 nitrogen and oxygen atoms in total. The van der Waals surface area contributed by atoms with Crippen molar-refractivity contribution in [2.24, 2.45) is 0 Å². The van der Waals surface area contributed by atoms with E-state index >= 15 is 4.39 Å². The number of nitrogens with one attached hydrogen (secondary N) is 1. The standard InChI is InChI=1S/C32H31F4N3O4S/c1-4-44-31-37-25-15-27(43-18-23(25)30(40)38-31)28-24(32(34,35)36)13-14-26(29(28)33)39(16-19-5-9-21(41-2)10-6-19)17-20-7-11-22(42-3)12-8-20/h5-14,27H,4,15-18H2,1-3H3,(H,37,38,40). The third-order valence-corrected chi connectivity index (χ3v) is 8.12. The second-order valence-corrected chi connectivity index (χ2v) is 11.4. The molecule has 1 unspecified atom stereocenters. The highest BCUT2D eigenvalue weighted by Crippen LogP contribution is 2.43. The minimum Gasteiger partial charge on any atom is -0.497 e. The normalized spacial score (nSPS) is 14.7. The van der Waals surface area contributed by atoms with E-state index in [1.54, 1.807) is 43.4 Å². The maximum Gasteiger partial charge on any atom is 0.416 e. The summed E-state index contributed by atoms with van der Waals surface area (Å²) in [5, 5.41) is 0.354. The fraction of sp³-hybridized carbons (Fsp3) is 0.312. The molecule has 0 radical (unpaired) electrons. The Balaban J connectivity index is 1.58. The van der Waals surface area contributed by atoms with Crippen molar-refractivity contribution in [1.29, 1.82) is 0 Å². The molecule has 12 heteroatoms. The molecule has 1 N–H and O–H groups in total. The molecule has 0 spiro atoms. The summed E-state index contributed by atoms with van der Waals surface area (Å²) in [4.78, 5) is 21.4. The van der Waals surface area contributed by atoms with Crippen molar-refractivity contribution >= 4 is 17.4 Å². The van der Waals surface area contributed by atoms with Crippen LogP contribution in [0, 0.1) is 5.82 Å². The van der Waals surface area contributed by atoms with Gasteiger partial charge in [-0.15, -0.1) is 0 Å². The predicted octanol–water partition coefficient (Wildman–Crippen LogP) is 7.08. The molecule has 1 aliphatic heterocycles. The monoisotopic (exact) mass is 629 g/mol. The molecule has 0 aliphatic carbocycles. The Morgan fingerprint density at radius 3 is 2.09 bits per heavy atom. The molecule has 1 aromatic heterocycles. The first kappa shape index (κ1) is 31.4. The number of methoxy groups -OCH3 is 2. The summed E-state index contributed by atoms with van der Waals surface area (Å²) in [6, 6.07) is 16.4. The van der Waals surface area contributed by atoms with Crippen LogP contribution in [0.3, 0.4) is 0 Å². The van der Waals surface area contributed by atoms with Crippen LogP contribution in [0.25, 0.3) is 0 Å². The first-order valence-electron chi connectivity index (χ1n) is 13.9. The molecule has 232 valence electrons. The quantitative estimate of drug-likeness (QED) is 0.114. The van der Waals surface area contributed by atoms with E-state index in [1.165, 1.54) is 11.8 Å². The van der Waals surface area contributed by atoms with E-state index in [2.05, 4.69) is 9.97 Å². The van der Waals surface area contributed by atoms with Gasteiger partial charge in [0.1, 0.15) is 11.5 Å². The van der Waals surface area contributed by atoms with Gasteiger partial charge in [0.05, 0.1) is 49.4 Å². The largest absolute Gasteiger partial charge is 0.497 e. The summed E-state index contributed by atoms with van der Waals surface area (Å²) < 4.78 is 75.9. The van der Waals surface area contributed by atoms with Crippen molar-refractivity contribution in [2.75, 3.05) is 24.9 Å². The maximum atomic E-state index is 16.6. The summed E-state index contributed by atoms with van der Waals surface area (Å²) in [6.07, 6.45) is -6.34. The van der Waals surface area contributed by atoms with Gasteiger partial charge < -0.3 is 24.1 Å². The smallest absolute Gasteiger partial charge is 0.416 e. The van der Waals surface area contributed by atoms with Gasteiger partial charge in [-0.1, -0.05) is 43.0 Å². The Kier molecular flexibility index (Phi) is 9.50. The molecule has 2 heterocycles. The second-order valence-electron chi connectivity index (χ2n) is 10.1. The van der Waals surface area contributed by atoms with E-state index in [4.69, 9.17) is 14.2 Å². The number of rotatable bonds is 10. The van der Waals surface area contributed by atoms with Crippen molar-refractivity contribution in [1.82, 2.24) is 9.97 Å². The number of aromatic nitrogens is 2. The molecular weight excluding hydrogens is 598 g/mol. The number of aromatic amines is 1. The average molecular weight is 630 g/mol. The molecule has 0 saturated heterocycles. The van der Waals surface area contributed by atoms with Gasteiger partial charge >= 0.3 is 6.18 Å². The number of thioether (sulfide) groups is 1. The fourth-order valence-corrected chi connectivity index (χ4v) is 5.78. The number of ether oxygens (including phenoxy) is 3. The molecule has 0 fully saturated rings. The van der Waals surface area contributed by atoms with Crippen LogP contribution in [-0.4, -0.2) is 29.9 Å². The number of hydrogen-bond donors (Lipinski definition) is 1. The fourth-order valence-electron chi connectivity index (χ4n) is 5.16. The Labute approximate surface area is 256 Å². The van der Waals surface area contributed by atoms with Gasteiger partial charge in [0.2, 0.25) is 0 Å². The van der Waals surface area contributed by atoms with Crippen LogP contribution in [-0.2, 0) is 37.0 Å². The van der Waals surface area contributed by atoms with Gasteiger partial charge in [0, 0.05) is 25.1 Å². The second kappa shape index (κ2) is 13.3. The first-order valence-corrected chi connectivity index (χ1v) is 14.9.